The molecule has 34 heavy (non-hydrogen) atoms. The first-order valence-electron chi connectivity index (χ1n) is 11.7. The van der Waals surface area contributed by atoms with Gasteiger partial charge in [0.2, 0.25) is 0 Å². The van der Waals surface area contributed by atoms with E-state index in [1.165, 1.54) is 6.07 Å². The third-order valence-electron chi connectivity index (χ3n) is 6.54. The first kappa shape index (κ1) is 24.7. The van der Waals surface area contributed by atoms with Crippen LogP contribution in [-0.4, -0.2) is 44.0 Å². The van der Waals surface area contributed by atoms with E-state index in [2.05, 4.69) is 25.8 Å². The summed E-state index contributed by atoms with van der Waals surface area (Å²) in [7, 11) is 1.93. The number of carbonyl (C=O) groups excluding carboxylic acids is 1. The van der Waals surface area contributed by atoms with Gasteiger partial charge in [0.25, 0.3) is 5.91 Å². The van der Waals surface area contributed by atoms with Crippen LogP contribution in [0.1, 0.15) is 67.7 Å². The highest BCUT2D eigenvalue weighted by Crippen LogP contribution is 2.33. The maximum atomic E-state index is 13.4. The zero-order chi connectivity index (χ0) is 25.1. The van der Waals surface area contributed by atoms with Crippen LogP contribution in [0.5, 0.6) is 0 Å². The zero-order valence-corrected chi connectivity index (χ0v) is 20.4. The smallest absolute Gasteiger partial charge is 0.388 e. The number of aromatic nitrogens is 2. The van der Waals surface area contributed by atoms with Gasteiger partial charge in [0.1, 0.15) is 0 Å². The van der Waals surface area contributed by atoms with E-state index in [4.69, 9.17) is 0 Å². The molecule has 0 radical (unpaired) electrons. The Bertz CT molecular complexity index is 1160. The van der Waals surface area contributed by atoms with Crippen LogP contribution in [0.15, 0.2) is 29.3 Å². The van der Waals surface area contributed by atoms with Gasteiger partial charge >= 0.3 is 6.18 Å². The Morgan fingerprint density at radius 3 is 2.35 bits per heavy atom. The number of benzene rings is 1. The summed E-state index contributed by atoms with van der Waals surface area (Å²) >= 11 is 0. The average molecular weight is 479 g/mol. The van der Waals surface area contributed by atoms with E-state index in [-0.39, 0.29) is 17.5 Å². The molecule has 1 N–H and O–H groups in total. The number of alkyl halides is 3. The minimum atomic E-state index is -4.56. The fraction of sp³-hybridized carbons (Fsp3) is 0.600. The van der Waals surface area contributed by atoms with Crippen LogP contribution in [0.25, 0.3) is 0 Å². The zero-order valence-electron chi connectivity index (χ0n) is 20.4. The van der Waals surface area contributed by atoms with Crippen LogP contribution in [-0.2, 0) is 31.7 Å². The number of hydrogen-bond donors (Lipinski definition) is 1. The standard InChI is InChI=1S/C25H33F3N4O2/c1-23(2,3)20-11-21(32(30(20)5)12-16-6-7-16)29-22(33)19-10-18(25(26,27)28)9-8-17(19)13-31-14-24(4,34)15-31/h8-11,16,34H,6-7,12-15H2,1-5H3/b29-21+. The van der Waals surface area contributed by atoms with Crippen LogP contribution < -0.4 is 5.49 Å². The monoisotopic (exact) mass is 478 g/mol. The van der Waals surface area contributed by atoms with Gasteiger partial charge in [0.05, 0.1) is 11.2 Å². The van der Waals surface area contributed by atoms with Gasteiger partial charge in [0, 0.05) is 56.0 Å². The molecule has 1 aliphatic heterocycles. The molecule has 0 bridgehead atoms. The number of aliphatic hydroxyl groups is 1. The molecular formula is C25H33F3N4O2. The highest BCUT2D eigenvalue weighted by molar-refractivity contribution is 5.96. The third-order valence-corrected chi connectivity index (χ3v) is 6.54. The lowest BCUT2D eigenvalue weighted by atomic mass is 9.92. The summed E-state index contributed by atoms with van der Waals surface area (Å²) in [6, 6.07) is 5.11. The number of β-amino-alcohol motifs (C(OH)–C–C–N with tert-alkyl or cyclic N) is 1. The molecule has 1 aromatic carbocycles. The van der Waals surface area contributed by atoms with Crippen molar-refractivity contribution >= 4 is 5.91 Å². The van der Waals surface area contributed by atoms with Crippen LogP contribution in [0, 0.1) is 5.92 Å². The maximum absolute atomic E-state index is 13.4. The SMILES string of the molecule is Cn1c(C(C)(C)C)c/c(=N\C(=O)c2cc(C(F)(F)F)ccc2CN2CC(C)(O)C2)n1CC1CC1. The van der Waals surface area contributed by atoms with Crippen LogP contribution in [0.4, 0.5) is 13.2 Å². The molecule has 2 aliphatic rings. The highest BCUT2D eigenvalue weighted by atomic mass is 19.4. The minimum Gasteiger partial charge on any atom is -0.388 e. The molecule has 9 heteroatoms. The Morgan fingerprint density at radius 1 is 1.18 bits per heavy atom. The first-order valence-corrected chi connectivity index (χ1v) is 11.7. The number of hydrogen-bond acceptors (Lipinski definition) is 3. The van der Waals surface area contributed by atoms with E-state index in [9.17, 15) is 23.1 Å². The van der Waals surface area contributed by atoms with Gasteiger partial charge in [-0.15, -0.1) is 0 Å². The van der Waals surface area contributed by atoms with Crippen molar-refractivity contribution in [1.82, 2.24) is 14.3 Å². The van der Waals surface area contributed by atoms with E-state index < -0.39 is 23.2 Å². The van der Waals surface area contributed by atoms with E-state index in [1.807, 2.05) is 27.4 Å². The Labute approximate surface area is 197 Å². The summed E-state index contributed by atoms with van der Waals surface area (Å²) in [6.45, 7) is 9.71. The quantitative estimate of drug-likeness (QED) is 0.710. The molecule has 4 rings (SSSR count). The second-order valence-corrected chi connectivity index (χ2v) is 11.1. The molecule has 0 spiro atoms. The minimum absolute atomic E-state index is 0.0551. The van der Waals surface area contributed by atoms with Gasteiger partial charge in [0.15, 0.2) is 5.49 Å². The fourth-order valence-electron chi connectivity index (χ4n) is 4.65. The maximum Gasteiger partial charge on any atom is 0.416 e. The Hall–Kier alpha value is -2.39. The van der Waals surface area contributed by atoms with Gasteiger partial charge in [-0.1, -0.05) is 26.8 Å². The van der Waals surface area contributed by atoms with Gasteiger partial charge in [-0.2, -0.15) is 18.2 Å². The topological polar surface area (TPSA) is 62.8 Å². The summed E-state index contributed by atoms with van der Waals surface area (Å²) in [5.74, 6) is -0.164. The Balaban J connectivity index is 1.75. The molecular weight excluding hydrogens is 445 g/mol. The van der Waals surface area contributed by atoms with Crippen molar-refractivity contribution in [2.45, 2.75) is 70.8 Å². The van der Waals surface area contributed by atoms with Crippen molar-refractivity contribution in [2.75, 3.05) is 13.1 Å². The molecule has 186 valence electrons. The number of carbonyl (C=O) groups is 1. The van der Waals surface area contributed by atoms with Crippen molar-refractivity contribution in [3.8, 4) is 0 Å². The van der Waals surface area contributed by atoms with Crippen molar-refractivity contribution in [3.05, 3.63) is 52.1 Å². The van der Waals surface area contributed by atoms with Gasteiger partial charge in [-0.3, -0.25) is 19.1 Å². The number of likely N-dealkylation sites (tertiary alicyclic amines) is 1. The summed E-state index contributed by atoms with van der Waals surface area (Å²) in [5, 5.41) is 10.0. The van der Waals surface area contributed by atoms with E-state index in [0.717, 1.165) is 37.2 Å². The summed E-state index contributed by atoms with van der Waals surface area (Å²) in [5.41, 5.74) is -0.0148. The van der Waals surface area contributed by atoms with E-state index >= 15 is 0 Å². The Morgan fingerprint density at radius 2 is 1.82 bits per heavy atom. The largest absolute Gasteiger partial charge is 0.416 e. The van der Waals surface area contributed by atoms with E-state index in [1.54, 1.807) is 6.92 Å². The molecule has 0 atom stereocenters. The van der Waals surface area contributed by atoms with Gasteiger partial charge < -0.3 is 5.11 Å². The fourth-order valence-corrected chi connectivity index (χ4v) is 4.65. The lowest BCUT2D eigenvalue weighted by Gasteiger charge is -2.44. The predicted molar refractivity (Wildman–Crippen MR) is 122 cm³/mol. The predicted octanol–water partition coefficient (Wildman–Crippen LogP) is 3.86. The molecule has 1 saturated heterocycles. The van der Waals surface area contributed by atoms with Gasteiger partial charge in [-0.05, 0) is 43.4 Å². The molecule has 0 unspecified atom stereocenters. The molecule has 6 nitrogen and oxygen atoms in total. The molecule has 2 fully saturated rings. The lowest BCUT2D eigenvalue weighted by Crippen LogP contribution is -2.59. The normalized spacial score (nSPS) is 19.4. The van der Waals surface area contributed by atoms with Crippen molar-refractivity contribution in [3.63, 3.8) is 0 Å². The Kier molecular flexibility index (Phi) is 6.09. The van der Waals surface area contributed by atoms with Crippen molar-refractivity contribution in [1.29, 1.82) is 0 Å². The molecule has 1 saturated carbocycles. The number of halogens is 3. The second-order valence-electron chi connectivity index (χ2n) is 11.1. The van der Waals surface area contributed by atoms with Gasteiger partial charge in [-0.25, -0.2) is 0 Å². The van der Waals surface area contributed by atoms with Crippen molar-refractivity contribution < 1.29 is 23.1 Å². The van der Waals surface area contributed by atoms with Crippen LogP contribution in [0.3, 0.4) is 0 Å². The molecule has 1 aromatic heterocycles. The summed E-state index contributed by atoms with van der Waals surface area (Å²) < 4.78 is 44.3. The highest BCUT2D eigenvalue weighted by Gasteiger charge is 2.37. The first-order chi connectivity index (χ1) is 15.6. The molecule has 2 heterocycles. The lowest BCUT2D eigenvalue weighted by molar-refractivity contribution is -0.137. The van der Waals surface area contributed by atoms with Crippen molar-refractivity contribution in [2.24, 2.45) is 18.0 Å². The summed E-state index contributed by atoms with van der Waals surface area (Å²) in [6.07, 6.45) is -2.33. The molecule has 1 amide bonds. The number of nitrogens with zero attached hydrogens (tertiary/aromatic N) is 4. The van der Waals surface area contributed by atoms with E-state index in [0.29, 0.717) is 30.1 Å². The second kappa shape index (κ2) is 8.37. The van der Waals surface area contributed by atoms with Crippen LogP contribution in [0.2, 0.25) is 0 Å². The van der Waals surface area contributed by atoms with Crippen LogP contribution >= 0.6 is 0 Å². The number of rotatable bonds is 5. The summed E-state index contributed by atoms with van der Waals surface area (Å²) in [4.78, 5) is 19.6. The third kappa shape index (κ3) is 5.30. The molecule has 1 aliphatic carbocycles. The molecule has 2 aromatic rings. The number of amides is 1. The average Bonchev–Trinajstić information content (AvgIpc) is 3.44.